The predicted molar refractivity (Wildman–Crippen MR) is 49.4 cm³/mol. The van der Waals surface area contributed by atoms with Crippen molar-refractivity contribution in [3.05, 3.63) is 15.6 Å². The van der Waals surface area contributed by atoms with E-state index in [0.717, 1.165) is 0 Å². The minimum atomic E-state index is -4.76. The van der Waals surface area contributed by atoms with Gasteiger partial charge in [0.05, 0.1) is 6.61 Å². The Morgan fingerprint density at radius 2 is 2.19 bits per heavy atom. The monoisotopic (exact) mass is 255 g/mol. The van der Waals surface area contributed by atoms with E-state index in [1.165, 1.54) is 0 Å². The molecule has 1 aromatic heterocycles. The van der Waals surface area contributed by atoms with Crippen LogP contribution in [0.15, 0.2) is 0 Å². The van der Waals surface area contributed by atoms with Crippen molar-refractivity contribution in [1.82, 2.24) is 4.98 Å². The Hall–Kier alpha value is -1.15. The number of halogens is 3. The molecule has 0 radical (unpaired) electrons. The van der Waals surface area contributed by atoms with E-state index in [1.54, 1.807) is 6.92 Å². The Morgan fingerprint density at radius 3 is 2.56 bits per heavy atom. The number of aromatic nitrogens is 1. The summed E-state index contributed by atoms with van der Waals surface area (Å²) in [4.78, 5) is 13.0. The fourth-order valence-electron chi connectivity index (χ4n) is 0.953. The molecule has 0 saturated carbocycles. The third-order valence-electron chi connectivity index (χ3n) is 1.56. The summed E-state index contributed by atoms with van der Waals surface area (Å²) in [5.74, 6) is -1.63. The number of carboxylic acid groups (broad SMARTS) is 1. The quantitative estimate of drug-likeness (QED) is 0.897. The zero-order valence-corrected chi connectivity index (χ0v) is 8.98. The fraction of sp³-hybridized carbons (Fsp3) is 0.500. The Bertz CT molecular complexity index is 388. The van der Waals surface area contributed by atoms with Crippen LogP contribution in [0.2, 0.25) is 0 Å². The highest BCUT2D eigenvalue weighted by atomic mass is 32.1. The minimum absolute atomic E-state index is 0.00609. The lowest BCUT2D eigenvalue weighted by Gasteiger charge is -2.02. The molecule has 0 spiro atoms. The molecule has 1 heterocycles. The van der Waals surface area contributed by atoms with Gasteiger partial charge in [0.1, 0.15) is 9.88 Å². The van der Waals surface area contributed by atoms with Crippen LogP contribution in [0.1, 0.15) is 27.3 Å². The number of hydrogen-bond acceptors (Lipinski definition) is 4. The predicted octanol–water partition coefficient (Wildman–Crippen LogP) is 2.40. The summed E-state index contributed by atoms with van der Waals surface area (Å²) < 4.78 is 42.0. The number of hydrogen-bond donors (Lipinski definition) is 1. The van der Waals surface area contributed by atoms with Gasteiger partial charge in [-0.05, 0) is 6.92 Å². The summed E-state index contributed by atoms with van der Waals surface area (Å²) in [7, 11) is 0. The summed E-state index contributed by atoms with van der Waals surface area (Å²) in [6.07, 6.45) is -4.76. The van der Waals surface area contributed by atoms with Crippen molar-refractivity contribution < 1.29 is 27.8 Å². The van der Waals surface area contributed by atoms with Crippen molar-refractivity contribution >= 4 is 17.3 Å². The zero-order valence-electron chi connectivity index (χ0n) is 8.17. The van der Waals surface area contributed by atoms with Gasteiger partial charge in [-0.2, -0.15) is 13.2 Å². The highest BCUT2D eigenvalue weighted by Gasteiger charge is 2.39. The van der Waals surface area contributed by atoms with Crippen molar-refractivity contribution in [2.24, 2.45) is 0 Å². The lowest BCUT2D eigenvalue weighted by Crippen LogP contribution is -2.11. The molecule has 16 heavy (non-hydrogen) atoms. The molecule has 0 atom stereocenters. The first kappa shape index (κ1) is 12.9. The normalized spacial score (nSPS) is 11.8. The summed E-state index contributed by atoms with van der Waals surface area (Å²) >= 11 is 0.479. The van der Waals surface area contributed by atoms with Gasteiger partial charge in [0.25, 0.3) is 0 Å². The Morgan fingerprint density at radius 1 is 1.56 bits per heavy atom. The molecule has 0 amide bonds. The largest absolute Gasteiger partial charge is 0.477 e. The van der Waals surface area contributed by atoms with Crippen LogP contribution in [-0.2, 0) is 17.5 Å². The number of ether oxygens (including phenoxy) is 1. The van der Waals surface area contributed by atoms with Crippen LogP contribution in [0.25, 0.3) is 0 Å². The average Bonchev–Trinajstić information content (AvgIpc) is 2.58. The fourth-order valence-corrected chi connectivity index (χ4v) is 1.81. The van der Waals surface area contributed by atoms with Crippen LogP contribution < -0.4 is 0 Å². The van der Waals surface area contributed by atoms with Crippen molar-refractivity contribution in [2.45, 2.75) is 19.7 Å². The van der Waals surface area contributed by atoms with Gasteiger partial charge in [0.15, 0.2) is 5.69 Å². The molecular formula is C8H8F3NO3S. The van der Waals surface area contributed by atoms with Crippen LogP contribution in [0.5, 0.6) is 0 Å². The molecule has 0 unspecified atom stereocenters. The maximum Gasteiger partial charge on any atom is 0.435 e. The molecule has 0 aliphatic rings. The van der Waals surface area contributed by atoms with E-state index >= 15 is 0 Å². The van der Waals surface area contributed by atoms with Gasteiger partial charge < -0.3 is 9.84 Å². The molecule has 90 valence electrons. The SMILES string of the molecule is CCOCc1nc(C(F)(F)F)c(C(=O)O)s1. The molecule has 0 bridgehead atoms. The molecule has 4 nitrogen and oxygen atoms in total. The third-order valence-corrected chi connectivity index (χ3v) is 2.58. The summed E-state index contributed by atoms with van der Waals surface area (Å²) in [6.45, 7) is 1.89. The maximum absolute atomic E-state index is 12.4. The van der Waals surface area contributed by atoms with Crippen LogP contribution >= 0.6 is 11.3 Å². The third kappa shape index (κ3) is 2.92. The second-order valence-corrected chi connectivity index (χ2v) is 3.81. The zero-order chi connectivity index (χ0) is 12.3. The molecule has 1 aromatic rings. The van der Waals surface area contributed by atoms with E-state index in [9.17, 15) is 18.0 Å². The molecule has 0 aliphatic carbocycles. The van der Waals surface area contributed by atoms with Crippen LogP contribution in [-0.4, -0.2) is 22.7 Å². The standard InChI is InChI=1S/C8H8F3NO3S/c1-2-15-3-4-12-6(8(9,10)11)5(16-4)7(13)14/h2-3H2,1H3,(H,13,14). The highest BCUT2D eigenvalue weighted by molar-refractivity contribution is 7.13. The van der Waals surface area contributed by atoms with Gasteiger partial charge in [-0.3, -0.25) is 0 Å². The molecule has 0 aliphatic heterocycles. The van der Waals surface area contributed by atoms with Gasteiger partial charge in [0, 0.05) is 6.61 Å². The van der Waals surface area contributed by atoms with Crippen LogP contribution in [0.3, 0.4) is 0 Å². The van der Waals surface area contributed by atoms with E-state index in [-0.39, 0.29) is 11.6 Å². The van der Waals surface area contributed by atoms with Crippen molar-refractivity contribution in [1.29, 1.82) is 0 Å². The van der Waals surface area contributed by atoms with Crippen LogP contribution in [0.4, 0.5) is 13.2 Å². The summed E-state index contributed by atoms with van der Waals surface area (Å²) in [6, 6.07) is 0. The van der Waals surface area contributed by atoms with Crippen molar-refractivity contribution in [3.8, 4) is 0 Å². The van der Waals surface area contributed by atoms with Gasteiger partial charge in [-0.1, -0.05) is 0 Å². The van der Waals surface area contributed by atoms with E-state index in [1.807, 2.05) is 0 Å². The molecule has 0 saturated heterocycles. The Balaban J connectivity index is 3.06. The van der Waals surface area contributed by atoms with E-state index in [4.69, 9.17) is 9.84 Å². The van der Waals surface area contributed by atoms with Gasteiger partial charge in [-0.15, -0.1) is 11.3 Å². The van der Waals surface area contributed by atoms with E-state index < -0.39 is 22.7 Å². The van der Waals surface area contributed by atoms with Gasteiger partial charge in [-0.25, -0.2) is 9.78 Å². The number of rotatable bonds is 4. The first-order chi connectivity index (χ1) is 7.36. The number of nitrogens with zero attached hydrogens (tertiary/aromatic N) is 1. The molecular weight excluding hydrogens is 247 g/mol. The second-order valence-electron chi connectivity index (χ2n) is 2.73. The number of carboxylic acids is 1. The smallest absolute Gasteiger partial charge is 0.435 e. The Kier molecular flexibility index (Phi) is 3.87. The van der Waals surface area contributed by atoms with E-state index in [0.29, 0.717) is 17.9 Å². The van der Waals surface area contributed by atoms with Crippen LogP contribution in [0, 0.1) is 0 Å². The summed E-state index contributed by atoms with van der Waals surface area (Å²) in [5, 5.41) is 8.60. The van der Waals surface area contributed by atoms with Gasteiger partial charge in [0.2, 0.25) is 0 Å². The Labute approximate surface area is 92.7 Å². The average molecular weight is 255 g/mol. The topological polar surface area (TPSA) is 59.4 Å². The van der Waals surface area contributed by atoms with E-state index in [2.05, 4.69) is 4.98 Å². The molecule has 8 heteroatoms. The molecule has 1 rings (SSSR count). The van der Waals surface area contributed by atoms with Gasteiger partial charge >= 0.3 is 12.1 Å². The number of carbonyl (C=O) groups is 1. The number of thiazole rings is 1. The second kappa shape index (κ2) is 4.79. The number of alkyl halides is 3. The highest BCUT2D eigenvalue weighted by Crippen LogP contribution is 2.34. The molecule has 0 fully saturated rings. The molecule has 1 N–H and O–H groups in total. The minimum Gasteiger partial charge on any atom is -0.477 e. The first-order valence-electron chi connectivity index (χ1n) is 4.24. The number of aromatic carboxylic acids is 1. The lowest BCUT2D eigenvalue weighted by atomic mass is 10.3. The summed E-state index contributed by atoms with van der Waals surface area (Å²) in [5.41, 5.74) is -1.36. The van der Waals surface area contributed by atoms with Crippen molar-refractivity contribution in [3.63, 3.8) is 0 Å². The lowest BCUT2D eigenvalue weighted by molar-refractivity contribution is -0.141. The molecule has 0 aromatic carbocycles. The van der Waals surface area contributed by atoms with Crippen molar-refractivity contribution in [2.75, 3.05) is 6.61 Å². The maximum atomic E-state index is 12.4. The first-order valence-corrected chi connectivity index (χ1v) is 5.05.